The maximum absolute atomic E-state index is 11.6. The first-order valence-corrected chi connectivity index (χ1v) is 6.18. The van der Waals surface area contributed by atoms with Crippen LogP contribution in [0, 0.1) is 12.3 Å². The molecule has 6 heteroatoms. The largest absolute Gasteiger partial charge is 0.425 e. The first-order valence-electron chi connectivity index (χ1n) is 5.80. The van der Waals surface area contributed by atoms with Gasteiger partial charge in [-0.3, -0.25) is 4.57 Å². The Bertz CT molecular complexity index is 757. The number of nitrogens with zero attached hydrogens (tertiary/aromatic N) is 2. The zero-order valence-electron chi connectivity index (χ0n) is 10.2. The molecule has 0 amide bonds. The van der Waals surface area contributed by atoms with E-state index in [1.54, 1.807) is 10.9 Å². The van der Waals surface area contributed by atoms with Crippen molar-refractivity contribution in [2.45, 2.75) is 6.29 Å². The van der Waals surface area contributed by atoms with Crippen LogP contribution in [0.4, 0.5) is 0 Å². The van der Waals surface area contributed by atoms with E-state index in [0.29, 0.717) is 5.70 Å². The molecule has 0 aliphatic carbocycles. The normalized spacial score (nSPS) is 18.4. The molecule has 1 aliphatic heterocycles. The minimum absolute atomic E-state index is 0.0121. The number of carbonyl (C=O) groups is 1. The number of hydrogen-bond acceptors (Lipinski definition) is 4. The summed E-state index contributed by atoms with van der Waals surface area (Å²) in [6.45, 7) is 0.0121. The van der Waals surface area contributed by atoms with Gasteiger partial charge in [0, 0.05) is 0 Å². The van der Waals surface area contributed by atoms with Gasteiger partial charge in [0.25, 0.3) is 0 Å². The number of benzene rings is 1. The van der Waals surface area contributed by atoms with E-state index in [2.05, 4.69) is 10.9 Å². The number of ether oxygens (including phenoxy) is 2. The molecule has 0 fully saturated rings. The Hall–Kier alpha value is -2.29. The zero-order chi connectivity index (χ0) is 14.1. The number of hydrogen-bond donors (Lipinski definition) is 0. The molecule has 2 aromatic rings. The summed E-state index contributed by atoms with van der Waals surface area (Å²) in [6.07, 6.45) is 5.79. The third-order valence-electron chi connectivity index (χ3n) is 2.87. The van der Waals surface area contributed by atoms with Crippen LogP contribution in [-0.2, 0) is 14.3 Å². The number of fused-ring (bicyclic) bond motifs is 1. The monoisotopic (exact) mass is 288 g/mol. The molecule has 2 heterocycles. The fourth-order valence-corrected chi connectivity index (χ4v) is 2.24. The molecule has 0 radical (unpaired) electrons. The Morgan fingerprint density at radius 1 is 1.50 bits per heavy atom. The number of esters is 1. The molecule has 1 aromatic heterocycles. The average molecular weight is 289 g/mol. The number of para-hydroxylation sites is 2. The molecule has 20 heavy (non-hydrogen) atoms. The van der Waals surface area contributed by atoms with E-state index in [1.807, 2.05) is 24.3 Å². The van der Waals surface area contributed by atoms with Gasteiger partial charge in [0.15, 0.2) is 5.03 Å². The molecule has 1 aliphatic rings. The maximum atomic E-state index is 11.6. The standard InChI is InChI=1S/C14H9ClN2O3/c1-2-7-19-14-12(11(15)13(18)20-14)17-8-16-9-5-3-4-6-10(9)17/h1,3-6,8,14H,7H2. The molecule has 1 unspecified atom stereocenters. The van der Waals surface area contributed by atoms with Crippen LogP contribution < -0.4 is 0 Å². The number of halogens is 1. The number of aromatic nitrogens is 2. The van der Waals surface area contributed by atoms with E-state index in [4.69, 9.17) is 27.5 Å². The van der Waals surface area contributed by atoms with Gasteiger partial charge in [-0.15, -0.1) is 6.42 Å². The summed E-state index contributed by atoms with van der Waals surface area (Å²) in [7, 11) is 0. The number of rotatable bonds is 3. The van der Waals surface area contributed by atoms with Gasteiger partial charge >= 0.3 is 5.97 Å². The van der Waals surface area contributed by atoms with Gasteiger partial charge in [0.05, 0.1) is 11.0 Å². The second kappa shape index (κ2) is 5.00. The third-order valence-corrected chi connectivity index (χ3v) is 3.22. The predicted molar refractivity (Wildman–Crippen MR) is 73.5 cm³/mol. The lowest BCUT2D eigenvalue weighted by Gasteiger charge is -2.14. The van der Waals surface area contributed by atoms with Crippen molar-refractivity contribution in [3.63, 3.8) is 0 Å². The first-order chi connectivity index (χ1) is 9.72. The van der Waals surface area contributed by atoms with Gasteiger partial charge in [-0.25, -0.2) is 9.78 Å². The van der Waals surface area contributed by atoms with Gasteiger partial charge in [0.1, 0.15) is 18.6 Å². The van der Waals surface area contributed by atoms with Crippen molar-refractivity contribution in [2.75, 3.05) is 6.61 Å². The molecule has 0 saturated heterocycles. The van der Waals surface area contributed by atoms with Gasteiger partial charge in [-0.1, -0.05) is 29.7 Å². The Labute approximate surface area is 119 Å². The van der Waals surface area contributed by atoms with Gasteiger partial charge in [-0.2, -0.15) is 0 Å². The van der Waals surface area contributed by atoms with Crippen LogP contribution in [0.3, 0.4) is 0 Å². The molecule has 0 saturated carbocycles. The summed E-state index contributed by atoms with van der Waals surface area (Å²) < 4.78 is 12.0. The number of imidazole rings is 1. The smallest absolute Gasteiger partial charge is 0.354 e. The van der Waals surface area contributed by atoms with E-state index in [1.165, 1.54) is 0 Å². The molecule has 0 bridgehead atoms. The van der Waals surface area contributed by atoms with Crippen molar-refractivity contribution in [1.29, 1.82) is 0 Å². The highest BCUT2D eigenvalue weighted by Gasteiger charge is 2.35. The quantitative estimate of drug-likeness (QED) is 0.640. The molecule has 1 aromatic carbocycles. The summed E-state index contributed by atoms with van der Waals surface area (Å²) in [5.41, 5.74) is 1.97. The second-order valence-corrected chi connectivity index (χ2v) is 4.43. The molecular weight excluding hydrogens is 280 g/mol. The molecule has 1 atom stereocenters. The molecule has 0 spiro atoms. The van der Waals surface area contributed by atoms with Crippen LogP contribution in [0.1, 0.15) is 0 Å². The number of terminal acetylenes is 1. The minimum Gasteiger partial charge on any atom is -0.425 e. The summed E-state index contributed by atoms with van der Waals surface area (Å²) in [5, 5.41) is -0.0322. The summed E-state index contributed by atoms with van der Waals surface area (Å²) in [5.74, 6) is 1.69. The summed E-state index contributed by atoms with van der Waals surface area (Å²) in [6, 6.07) is 7.46. The van der Waals surface area contributed by atoms with Crippen LogP contribution in [0.2, 0.25) is 0 Å². The van der Waals surface area contributed by atoms with Crippen LogP contribution in [0.25, 0.3) is 16.7 Å². The highest BCUT2D eigenvalue weighted by atomic mass is 35.5. The van der Waals surface area contributed by atoms with Crippen molar-refractivity contribution in [2.24, 2.45) is 0 Å². The molecule has 100 valence electrons. The highest BCUT2D eigenvalue weighted by molar-refractivity contribution is 6.44. The molecular formula is C14H9ClN2O3. The van der Waals surface area contributed by atoms with Crippen LogP contribution >= 0.6 is 11.6 Å². The predicted octanol–water partition coefficient (Wildman–Crippen LogP) is 1.98. The lowest BCUT2D eigenvalue weighted by Crippen LogP contribution is -2.18. The van der Waals surface area contributed by atoms with Crippen molar-refractivity contribution < 1.29 is 14.3 Å². The van der Waals surface area contributed by atoms with Gasteiger partial charge < -0.3 is 9.47 Å². The maximum Gasteiger partial charge on any atom is 0.354 e. The highest BCUT2D eigenvalue weighted by Crippen LogP contribution is 2.32. The van der Waals surface area contributed by atoms with E-state index < -0.39 is 12.3 Å². The van der Waals surface area contributed by atoms with E-state index in [0.717, 1.165) is 11.0 Å². The number of carbonyl (C=O) groups excluding carboxylic acids is 1. The van der Waals surface area contributed by atoms with Crippen LogP contribution in [-0.4, -0.2) is 28.4 Å². The Morgan fingerprint density at radius 3 is 3.10 bits per heavy atom. The van der Waals surface area contributed by atoms with E-state index >= 15 is 0 Å². The Balaban J connectivity index is 2.10. The zero-order valence-corrected chi connectivity index (χ0v) is 11.0. The van der Waals surface area contributed by atoms with Crippen molar-refractivity contribution in [3.8, 4) is 12.3 Å². The minimum atomic E-state index is -0.927. The van der Waals surface area contributed by atoms with Crippen molar-refractivity contribution in [3.05, 3.63) is 35.6 Å². The Kier molecular flexibility index (Phi) is 3.18. The molecule has 5 nitrogen and oxygen atoms in total. The summed E-state index contributed by atoms with van der Waals surface area (Å²) in [4.78, 5) is 15.9. The van der Waals surface area contributed by atoms with Crippen LogP contribution in [0.15, 0.2) is 35.6 Å². The van der Waals surface area contributed by atoms with E-state index in [9.17, 15) is 4.79 Å². The topological polar surface area (TPSA) is 53.4 Å². The first kappa shape index (κ1) is 12.7. The third kappa shape index (κ3) is 1.95. The number of cyclic esters (lactones) is 1. The van der Waals surface area contributed by atoms with Crippen LogP contribution in [0.5, 0.6) is 0 Å². The molecule has 0 N–H and O–H groups in total. The molecule has 3 rings (SSSR count). The van der Waals surface area contributed by atoms with Gasteiger partial charge in [-0.05, 0) is 12.1 Å². The summed E-state index contributed by atoms with van der Waals surface area (Å²) >= 11 is 6.02. The fraction of sp³-hybridized carbons (Fsp3) is 0.143. The second-order valence-electron chi connectivity index (χ2n) is 4.05. The Morgan fingerprint density at radius 2 is 2.30 bits per heavy atom. The average Bonchev–Trinajstić information content (AvgIpc) is 2.99. The van der Waals surface area contributed by atoms with E-state index in [-0.39, 0.29) is 11.6 Å². The fourth-order valence-electron chi connectivity index (χ4n) is 2.02. The van der Waals surface area contributed by atoms with Gasteiger partial charge in [0.2, 0.25) is 6.29 Å². The SMILES string of the molecule is C#CCOC1OC(=O)C(Cl)=C1n1cnc2ccccc21. The van der Waals surface area contributed by atoms with Crippen molar-refractivity contribution >= 4 is 34.3 Å². The lowest BCUT2D eigenvalue weighted by molar-refractivity contribution is -0.155. The van der Waals surface area contributed by atoms with Crippen molar-refractivity contribution in [1.82, 2.24) is 9.55 Å². The lowest BCUT2D eigenvalue weighted by atomic mass is 10.3.